The van der Waals surface area contributed by atoms with Crippen LogP contribution in [0.4, 0.5) is 9.18 Å². The van der Waals surface area contributed by atoms with Crippen molar-refractivity contribution in [3.05, 3.63) is 41.7 Å². The normalized spacial score (nSPS) is 16.4. The monoisotopic (exact) mass is 305 g/mol. The summed E-state index contributed by atoms with van der Waals surface area (Å²) in [6, 6.07) is 5.89. The number of benzene rings is 1. The summed E-state index contributed by atoms with van der Waals surface area (Å²) < 4.78 is 13.7. The molecule has 0 radical (unpaired) electrons. The molecule has 0 aromatic heterocycles. The molecule has 1 heterocycles. The third-order valence-corrected chi connectivity index (χ3v) is 3.76. The fraction of sp³-hybridized carbons (Fsp3) is 0.375. The van der Waals surface area contributed by atoms with Gasteiger partial charge in [-0.3, -0.25) is 4.79 Å². The average Bonchev–Trinajstić information content (AvgIpc) is 2.73. The van der Waals surface area contributed by atoms with Gasteiger partial charge in [-0.25, -0.2) is 9.18 Å². The van der Waals surface area contributed by atoms with Gasteiger partial charge < -0.3 is 15.5 Å². The highest BCUT2D eigenvalue weighted by Gasteiger charge is 2.19. The number of hydrogen-bond acceptors (Lipinski definition) is 2. The number of carbonyl (C=O) groups excluding carboxylic acids is 2. The predicted octanol–water partition coefficient (Wildman–Crippen LogP) is 1.84. The van der Waals surface area contributed by atoms with Gasteiger partial charge in [0.25, 0.3) is 0 Å². The Kier molecular flexibility index (Phi) is 5.14. The van der Waals surface area contributed by atoms with Crippen LogP contribution in [-0.4, -0.2) is 47.9 Å². The summed E-state index contributed by atoms with van der Waals surface area (Å²) in [4.78, 5) is 26.7. The zero-order chi connectivity index (χ0) is 16.1. The number of amides is 3. The minimum absolute atomic E-state index is 0.174. The van der Waals surface area contributed by atoms with E-state index in [1.807, 2.05) is 0 Å². The minimum Gasteiger partial charge on any atom is -0.351 e. The van der Waals surface area contributed by atoms with Crippen molar-refractivity contribution in [1.82, 2.24) is 9.80 Å². The smallest absolute Gasteiger partial charge is 0.314 e. The lowest BCUT2D eigenvalue weighted by atomic mass is 10.1. The van der Waals surface area contributed by atoms with E-state index in [1.165, 1.54) is 17.0 Å². The lowest BCUT2D eigenvalue weighted by Crippen LogP contribution is -2.39. The summed E-state index contributed by atoms with van der Waals surface area (Å²) in [6.45, 7) is 3.68. The Balaban J connectivity index is 2.07. The molecule has 118 valence electrons. The molecule has 1 aliphatic rings. The van der Waals surface area contributed by atoms with Gasteiger partial charge in [0.05, 0.1) is 0 Å². The van der Waals surface area contributed by atoms with Gasteiger partial charge in [0.15, 0.2) is 0 Å². The van der Waals surface area contributed by atoms with Crippen LogP contribution in [0.15, 0.2) is 30.3 Å². The van der Waals surface area contributed by atoms with Crippen molar-refractivity contribution >= 4 is 17.5 Å². The van der Waals surface area contributed by atoms with Crippen LogP contribution in [0.3, 0.4) is 0 Å². The Bertz CT molecular complexity index is 601. The van der Waals surface area contributed by atoms with Crippen LogP contribution in [0.2, 0.25) is 0 Å². The molecule has 22 heavy (non-hydrogen) atoms. The molecule has 0 bridgehead atoms. The quantitative estimate of drug-likeness (QED) is 0.847. The largest absolute Gasteiger partial charge is 0.351 e. The van der Waals surface area contributed by atoms with Gasteiger partial charge in [-0.1, -0.05) is 18.2 Å². The minimum atomic E-state index is -0.465. The maximum atomic E-state index is 13.7. The van der Waals surface area contributed by atoms with Crippen molar-refractivity contribution in [2.45, 2.75) is 13.3 Å². The van der Waals surface area contributed by atoms with Crippen molar-refractivity contribution in [3.8, 4) is 0 Å². The fourth-order valence-electron chi connectivity index (χ4n) is 2.49. The van der Waals surface area contributed by atoms with E-state index in [2.05, 4.69) is 0 Å². The molecule has 1 aliphatic heterocycles. The molecule has 1 aromatic rings. The summed E-state index contributed by atoms with van der Waals surface area (Å²) in [5.41, 5.74) is 6.26. The van der Waals surface area contributed by atoms with E-state index in [4.69, 9.17) is 5.73 Å². The van der Waals surface area contributed by atoms with Gasteiger partial charge in [0, 0.05) is 37.8 Å². The van der Waals surface area contributed by atoms with E-state index in [1.54, 1.807) is 30.0 Å². The van der Waals surface area contributed by atoms with E-state index >= 15 is 0 Å². The van der Waals surface area contributed by atoms with Crippen LogP contribution in [0.5, 0.6) is 0 Å². The molecular formula is C16H20FN3O2. The van der Waals surface area contributed by atoms with E-state index in [0.717, 1.165) is 0 Å². The third kappa shape index (κ3) is 3.84. The molecule has 1 fully saturated rings. The SMILES string of the molecule is CC(=CC(=O)N1CCCN(C(N)=O)CC1)c1ccccc1F. The molecule has 1 aromatic carbocycles. The van der Waals surface area contributed by atoms with Crippen molar-refractivity contribution in [3.63, 3.8) is 0 Å². The topological polar surface area (TPSA) is 66.6 Å². The van der Waals surface area contributed by atoms with Crippen molar-refractivity contribution in [2.75, 3.05) is 26.2 Å². The Labute approximate surface area is 129 Å². The molecule has 0 aliphatic carbocycles. The standard InChI is InChI=1S/C16H20FN3O2/c1-12(13-5-2-3-6-14(13)17)11-15(21)19-7-4-8-20(10-9-19)16(18)22/h2-3,5-6,11H,4,7-10H2,1H3,(H2,18,22). The van der Waals surface area contributed by atoms with E-state index in [0.29, 0.717) is 43.7 Å². The lowest BCUT2D eigenvalue weighted by molar-refractivity contribution is -0.125. The zero-order valence-electron chi connectivity index (χ0n) is 12.6. The van der Waals surface area contributed by atoms with Crippen LogP contribution in [0.25, 0.3) is 5.57 Å². The first-order valence-electron chi connectivity index (χ1n) is 7.25. The first-order chi connectivity index (χ1) is 10.5. The molecule has 5 nitrogen and oxygen atoms in total. The highest BCUT2D eigenvalue weighted by Crippen LogP contribution is 2.17. The number of urea groups is 1. The highest BCUT2D eigenvalue weighted by atomic mass is 19.1. The zero-order valence-corrected chi connectivity index (χ0v) is 12.6. The first-order valence-corrected chi connectivity index (χ1v) is 7.25. The fourth-order valence-corrected chi connectivity index (χ4v) is 2.49. The van der Waals surface area contributed by atoms with Crippen molar-refractivity contribution < 1.29 is 14.0 Å². The van der Waals surface area contributed by atoms with Crippen LogP contribution in [-0.2, 0) is 4.79 Å². The molecule has 0 unspecified atom stereocenters. The lowest BCUT2D eigenvalue weighted by Gasteiger charge is -2.20. The Morgan fingerprint density at radius 1 is 1.14 bits per heavy atom. The predicted molar refractivity (Wildman–Crippen MR) is 82.4 cm³/mol. The third-order valence-electron chi connectivity index (χ3n) is 3.76. The van der Waals surface area contributed by atoms with Crippen LogP contribution in [0, 0.1) is 5.82 Å². The van der Waals surface area contributed by atoms with Gasteiger partial charge in [-0.15, -0.1) is 0 Å². The van der Waals surface area contributed by atoms with Gasteiger partial charge in [0.2, 0.25) is 5.91 Å². The van der Waals surface area contributed by atoms with Gasteiger partial charge in [-0.05, 0) is 25.0 Å². The molecular weight excluding hydrogens is 285 g/mol. The second-order valence-corrected chi connectivity index (χ2v) is 5.31. The second kappa shape index (κ2) is 7.06. The number of hydrogen-bond donors (Lipinski definition) is 1. The average molecular weight is 305 g/mol. The van der Waals surface area contributed by atoms with E-state index < -0.39 is 6.03 Å². The molecule has 2 rings (SSSR count). The number of carbonyl (C=O) groups is 2. The number of rotatable bonds is 2. The maximum Gasteiger partial charge on any atom is 0.314 e. The second-order valence-electron chi connectivity index (χ2n) is 5.31. The van der Waals surface area contributed by atoms with Gasteiger partial charge in [-0.2, -0.15) is 0 Å². The molecule has 1 saturated heterocycles. The Hall–Kier alpha value is -2.37. The summed E-state index contributed by atoms with van der Waals surface area (Å²) in [5.74, 6) is -0.521. The molecule has 0 spiro atoms. The van der Waals surface area contributed by atoms with Crippen LogP contribution in [0.1, 0.15) is 18.9 Å². The molecule has 0 atom stereocenters. The highest BCUT2D eigenvalue weighted by molar-refractivity contribution is 5.95. The molecule has 6 heteroatoms. The summed E-state index contributed by atoms with van der Waals surface area (Å²) in [6.07, 6.45) is 2.12. The number of halogens is 1. The number of primary amides is 1. The summed E-state index contributed by atoms with van der Waals surface area (Å²) in [7, 11) is 0. The van der Waals surface area contributed by atoms with E-state index in [9.17, 15) is 14.0 Å². The van der Waals surface area contributed by atoms with Gasteiger partial charge in [0.1, 0.15) is 5.82 Å². The van der Waals surface area contributed by atoms with Crippen LogP contribution >= 0.6 is 0 Å². The Morgan fingerprint density at radius 3 is 2.45 bits per heavy atom. The molecule has 2 N–H and O–H groups in total. The summed E-state index contributed by atoms with van der Waals surface area (Å²) >= 11 is 0. The van der Waals surface area contributed by atoms with Gasteiger partial charge >= 0.3 is 6.03 Å². The number of nitrogens with zero attached hydrogens (tertiary/aromatic N) is 2. The van der Waals surface area contributed by atoms with Crippen molar-refractivity contribution in [1.29, 1.82) is 0 Å². The maximum absolute atomic E-state index is 13.7. The number of allylic oxidation sites excluding steroid dienone is 1. The molecule has 0 saturated carbocycles. The van der Waals surface area contributed by atoms with Crippen LogP contribution < -0.4 is 5.73 Å². The molecule has 3 amide bonds. The van der Waals surface area contributed by atoms with E-state index in [-0.39, 0.29) is 11.7 Å². The first kappa shape index (κ1) is 16.0. The van der Waals surface area contributed by atoms with Crippen molar-refractivity contribution in [2.24, 2.45) is 5.73 Å². The summed E-state index contributed by atoms with van der Waals surface area (Å²) in [5, 5.41) is 0. The number of nitrogens with two attached hydrogens (primary N) is 1. The Morgan fingerprint density at radius 2 is 1.77 bits per heavy atom.